The number of fused-ring (bicyclic) bond motifs is 1. The molecular weight excluding hydrogens is 218 g/mol. The number of carbonyl (C=O) groups is 1. The minimum Gasteiger partial charge on any atom is -0.361 e. The van der Waals surface area contributed by atoms with Gasteiger partial charge in [-0.05, 0) is 25.7 Å². The highest BCUT2D eigenvalue weighted by atomic mass is 16.5. The Morgan fingerprint density at radius 1 is 1.59 bits per heavy atom. The van der Waals surface area contributed by atoms with Crippen molar-refractivity contribution in [2.45, 2.75) is 19.9 Å². The number of carbonyl (C=O) groups excluding carboxylic acids is 1. The van der Waals surface area contributed by atoms with Crippen molar-refractivity contribution in [2.75, 3.05) is 19.6 Å². The standard InChI is InChI=1S/C12H17N3O2/c1-7-3-11(14-17-7)12(16)15-6-9-4-13-5-10(9)8(15)2/h3,8-10,13H,4-6H2,1-2H3. The molecule has 5 nitrogen and oxygen atoms in total. The summed E-state index contributed by atoms with van der Waals surface area (Å²) >= 11 is 0. The van der Waals surface area contributed by atoms with E-state index in [9.17, 15) is 4.79 Å². The van der Waals surface area contributed by atoms with Crippen LogP contribution in [0.5, 0.6) is 0 Å². The van der Waals surface area contributed by atoms with Crippen LogP contribution in [0.25, 0.3) is 0 Å². The molecule has 0 saturated carbocycles. The topological polar surface area (TPSA) is 58.4 Å². The van der Waals surface area contributed by atoms with Gasteiger partial charge < -0.3 is 14.7 Å². The summed E-state index contributed by atoms with van der Waals surface area (Å²) < 4.78 is 4.96. The predicted octanol–water partition coefficient (Wildman–Crippen LogP) is 0.663. The minimum absolute atomic E-state index is 0.00347. The van der Waals surface area contributed by atoms with Crippen LogP contribution in [0.4, 0.5) is 0 Å². The Balaban J connectivity index is 1.79. The van der Waals surface area contributed by atoms with Crippen LogP contribution < -0.4 is 5.32 Å². The highest BCUT2D eigenvalue weighted by Gasteiger charge is 2.44. The van der Waals surface area contributed by atoms with Gasteiger partial charge in [-0.1, -0.05) is 5.16 Å². The molecule has 0 aliphatic carbocycles. The summed E-state index contributed by atoms with van der Waals surface area (Å²) in [5.41, 5.74) is 0.433. The molecule has 0 aromatic carbocycles. The zero-order valence-electron chi connectivity index (χ0n) is 10.1. The van der Waals surface area contributed by atoms with Gasteiger partial charge >= 0.3 is 0 Å². The molecule has 2 fully saturated rings. The average molecular weight is 235 g/mol. The van der Waals surface area contributed by atoms with Crippen molar-refractivity contribution >= 4 is 5.91 Å². The van der Waals surface area contributed by atoms with Crippen molar-refractivity contribution in [1.82, 2.24) is 15.4 Å². The third-order valence-corrected chi connectivity index (χ3v) is 4.04. The van der Waals surface area contributed by atoms with Crippen molar-refractivity contribution in [3.8, 4) is 0 Å². The number of nitrogens with zero attached hydrogens (tertiary/aromatic N) is 2. The summed E-state index contributed by atoms with van der Waals surface area (Å²) in [6, 6.07) is 2.00. The maximum absolute atomic E-state index is 12.3. The van der Waals surface area contributed by atoms with Gasteiger partial charge in [-0.3, -0.25) is 4.79 Å². The van der Waals surface area contributed by atoms with Gasteiger partial charge in [-0.15, -0.1) is 0 Å². The van der Waals surface area contributed by atoms with Crippen LogP contribution in [0.1, 0.15) is 23.2 Å². The number of rotatable bonds is 1. The molecule has 1 N–H and O–H groups in total. The van der Waals surface area contributed by atoms with Crippen LogP contribution in [0.15, 0.2) is 10.6 Å². The Hall–Kier alpha value is -1.36. The Labute approximate surface area is 100 Å². The Morgan fingerprint density at radius 2 is 2.41 bits per heavy atom. The molecule has 0 spiro atoms. The summed E-state index contributed by atoms with van der Waals surface area (Å²) in [6.45, 7) is 6.81. The number of hydrogen-bond donors (Lipinski definition) is 1. The van der Waals surface area contributed by atoms with Crippen molar-refractivity contribution in [3.63, 3.8) is 0 Å². The van der Waals surface area contributed by atoms with Crippen LogP contribution in [-0.4, -0.2) is 41.6 Å². The van der Waals surface area contributed by atoms with E-state index in [0.29, 0.717) is 29.3 Å². The lowest BCUT2D eigenvalue weighted by Crippen LogP contribution is -2.38. The zero-order valence-corrected chi connectivity index (χ0v) is 10.1. The first-order chi connectivity index (χ1) is 8.16. The Kier molecular flexibility index (Phi) is 2.43. The first kappa shape index (κ1) is 10.8. The molecule has 3 heterocycles. The maximum Gasteiger partial charge on any atom is 0.276 e. The van der Waals surface area contributed by atoms with Crippen LogP contribution in [0.2, 0.25) is 0 Å². The molecule has 3 rings (SSSR count). The minimum atomic E-state index is 0.00347. The monoisotopic (exact) mass is 235 g/mol. The van der Waals surface area contributed by atoms with Crippen LogP contribution in [-0.2, 0) is 0 Å². The molecule has 1 aromatic heterocycles. The average Bonchev–Trinajstić information content (AvgIpc) is 2.96. The lowest BCUT2D eigenvalue weighted by molar-refractivity contribution is 0.0718. The smallest absolute Gasteiger partial charge is 0.276 e. The van der Waals surface area contributed by atoms with E-state index in [4.69, 9.17) is 4.52 Å². The summed E-state index contributed by atoms with van der Waals surface area (Å²) in [7, 11) is 0. The van der Waals surface area contributed by atoms with E-state index < -0.39 is 0 Å². The van der Waals surface area contributed by atoms with E-state index in [1.165, 1.54) is 0 Å². The molecule has 0 bridgehead atoms. The molecule has 17 heavy (non-hydrogen) atoms. The molecule has 2 aliphatic rings. The van der Waals surface area contributed by atoms with E-state index in [2.05, 4.69) is 17.4 Å². The fourth-order valence-electron chi connectivity index (χ4n) is 3.05. The molecule has 3 unspecified atom stereocenters. The summed E-state index contributed by atoms with van der Waals surface area (Å²) in [5.74, 6) is 1.87. The first-order valence-corrected chi connectivity index (χ1v) is 6.12. The maximum atomic E-state index is 12.3. The predicted molar refractivity (Wildman–Crippen MR) is 61.6 cm³/mol. The second-order valence-electron chi connectivity index (χ2n) is 5.10. The molecule has 2 saturated heterocycles. The molecule has 3 atom stereocenters. The van der Waals surface area contributed by atoms with Gasteiger partial charge in [-0.2, -0.15) is 0 Å². The molecule has 1 amide bonds. The third-order valence-electron chi connectivity index (χ3n) is 4.04. The van der Waals surface area contributed by atoms with Gasteiger partial charge in [0.25, 0.3) is 5.91 Å². The summed E-state index contributed by atoms with van der Waals surface area (Å²) in [4.78, 5) is 14.2. The number of nitrogens with one attached hydrogen (secondary N) is 1. The second-order valence-corrected chi connectivity index (χ2v) is 5.10. The third kappa shape index (κ3) is 1.65. The lowest BCUT2D eigenvalue weighted by atomic mass is 9.95. The van der Waals surface area contributed by atoms with Gasteiger partial charge in [0.05, 0.1) is 0 Å². The lowest BCUT2D eigenvalue weighted by Gasteiger charge is -2.23. The van der Waals surface area contributed by atoms with Crippen molar-refractivity contribution in [1.29, 1.82) is 0 Å². The SMILES string of the molecule is Cc1cc(C(=O)N2CC3CNCC3C2C)no1. The van der Waals surface area contributed by atoms with E-state index in [-0.39, 0.29) is 5.91 Å². The fourth-order valence-corrected chi connectivity index (χ4v) is 3.05. The van der Waals surface area contributed by atoms with Crippen LogP contribution >= 0.6 is 0 Å². The second kappa shape index (κ2) is 3.84. The quantitative estimate of drug-likeness (QED) is 0.777. The fraction of sp³-hybridized carbons (Fsp3) is 0.667. The highest BCUT2D eigenvalue weighted by molar-refractivity contribution is 5.92. The molecule has 1 aromatic rings. The number of aryl methyl sites for hydroxylation is 1. The van der Waals surface area contributed by atoms with Crippen molar-refractivity contribution in [3.05, 3.63) is 17.5 Å². The number of aromatic nitrogens is 1. The van der Waals surface area contributed by atoms with Gasteiger partial charge in [0.15, 0.2) is 5.69 Å². The molecular formula is C12H17N3O2. The van der Waals surface area contributed by atoms with Crippen molar-refractivity contribution < 1.29 is 9.32 Å². The van der Waals surface area contributed by atoms with E-state index in [1.54, 1.807) is 13.0 Å². The van der Waals surface area contributed by atoms with E-state index >= 15 is 0 Å². The molecule has 2 aliphatic heterocycles. The zero-order chi connectivity index (χ0) is 12.0. The molecule has 92 valence electrons. The van der Waals surface area contributed by atoms with Gasteiger partial charge in [0.1, 0.15) is 5.76 Å². The van der Waals surface area contributed by atoms with E-state index in [0.717, 1.165) is 19.6 Å². The van der Waals surface area contributed by atoms with Gasteiger partial charge in [0.2, 0.25) is 0 Å². The Morgan fingerprint density at radius 3 is 3.06 bits per heavy atom. The summed E-state index contributed by atoms with van der Waals surface area (Å²) in [6.07, 6.45) is 0. The Bertz CT molecular complexity index is 443. The van der Waals surface area contributed by atoms with Crippen LogP contribution in [0, 0.1) is 18.8 Å². The van der Waals surface area contributed by atoms with E-state index in [1.807, 2.05) is 4.90 Å². The van der Waals surface area contributed by atoms with Crippen molar-refractivity contribution in [2.24, 2.45) is 11.8 Å². The van der Waals surface area contributed by atoms with Gasteiger partial charge in [-0.25, -0.2) is 0 Å². The number of likely N-dealkylation sites (tertiary alicyclic amines) is 1. The first-order valence-electron chi connectivity index (χ1n) is 6.12. The highest BCUT2D eigenvalue weighted by Crippen LogP contribution is 2.33. The largest absolute Gasteiger partial charge is 0.361 e. The number of amides is 1. The summed E-state index contributed by atoms with van der Waals surface area (Å²) in [5, 5.41) is 7.19. The van der Waals surface area contributed by atoms with Gasteiger partial charge in [0, 0.05) is 31.7 Å². The molecule has 0 radical (unpaired) electrons. The normalized spacial score (nSPS) is 31.9. The van der Waals surface area contributed by atoms with Crippen LogP contribution in [0.3, 0.4) is 0 Å². The number of hydrogen-bond acceptors (Lipinski definition) is 4. The molecule has 5 heteroatoms.